The van der Waals surface area contributed by atoms with Crippen molar-refractivity contribution in [2.45, 2.75) is 39.7 Å². The molecule has 2 aromatic rings. The van der Waals surface area contributed by atoms with Crippen LogP contribution in [-0.4, -0.2) is 24.1 Å². The first-order valence-electron chi connectivity index (χ1n) is 8.08. The van der Waals surface area contributed by atoms with Gasteiger partial charge in [-0.05, 0) is 63.0 Å². The van der Waals surface area contributed by atoms with Crippen molar-refractivity contribution in [2.75, 3.05) is 18.4 Å². The Hall–Kier alpha value is -1.32. The lowest BCUT2D eigenvalue weighted by Gasteiger charge is -2.17. The minimum atomic E-state index is 0.433. The SMILES string of the molecule is CC(C)CNCCC[C@@H](C)Nc1ccnc2cc(Cl)ccc12. The number of hydrogen-bond acceptors (Lipinski definition) is 3. The van der Waals surface area contributed by atoms with Crippen molar-refractivity contribution >= 4 is 28.2 Å². The lowest BCUT2D eigenvalue weighted by atomic mass is 10.1. The second-order valence-electron chi connectivity index (χ2n) is 6.31. The summed E-state index contributed by atoms with van der Waals surface area (Å²) in [7, 11) is 0. The maximum absolute atomic E-state index is 6.03. The molecule has 3 nitrogen and oxygen atoms in total. The number of pyridine rings is 1. The number of hydrogen-bond donors (Lipinski definition) is 2. The van der Waals surface area contributed by atoms with Crippen LogP contribution in [0.25, 0.3) is 10.9 Å². The minimum Gasteiger partial charge on any atom is -0.382 e. The Morgan fingerprint density at radius 2 is 2.00 bits per heavy atom. The van der Waals surface area contributed by atoms with Gasteiger partial charge < -0.3 is 10.6 Å². The van der Waals surface area contributed by atoms with Crippen LogP contribution in [0.4, 0.5) is 5.69 Å². The number of benzene rings is 1. The second kappa shape index (κ2) is 8.35. The lowest BCUT2D eigenvalue weighted by Crippen LogP contribution is -2.23. The predicted octanol–water partition coefficient (Wildman–Crippen LogP) is 4.71. The van der Waals surface area contributed by atoms with Crippen LogP contribution in [0.3, 0.4) is 0 Å². The Balaban J connectivity index is 1.88. The fourth-order valence-electron chi connectivity index (χ4n) is 2.51. The smallest absolute Gasteiger partial charge is 0.0737 e. The van der Waals surface area contributed by atoms with E-state index in [0.717, 1.165) is 41.1 Å². The molecule has 120 valence electrons. The normalized spacial score (nSPS) is 12.8. The van der Waals surface area contributed by atoms with Gasteiger partial charge in [-0.25, -0.2) is 0 Å². The zero-order valence-electron chi connectivity index (χ0n) is 13.7. The average Bonchev–Trinajstić information content (AvgIpc) is 2.46. The van der Waals surface area contributed by atoms with E-state index in [1.54, 1.807) is 0 Å². The molecule has 0 bridgehead atoms. The Morgan fingerprint density at radius 3 is 2.77 bits per heavy atom. The summed E-state index contributed by atoms with van der Waals surface area (Å²) in [6.45, 7) is 8.87. The molecule has 0 saturated heterocycles. The van der Waals surface area contributed by atoms with Crippen molar-refractivity contribution in [1.29, 1.82) is 0 Å². The summed E-state index contributed by atoms with van der Waals surface area (Å²) in [4.78, 5) is 4.38. The highest BCUT2D eigenvalue weighted by Crippen LogP contribution is 2.25. The highest BCUT2D eigenvalue weighted by Gasteiger charge is 2.06. The number of fused-ring (bicyclic) bond motifs is 1. The van der Waals surface area contributed by atoms with Crippen LogP contribution in [0, 0.1) is 5.92 Å². The molecule has 0 amide bonds. The molecule has 22 heavy (non-hydrogen) atoms. The van der Waals surface area contributed by atoms with Crippen LogP contribution < -0.4 is 10.6 Å². The molecule has 0 aliphatic heterocycles. The molecule has 2 rings (SSSR count). The van der Waals surface area contributed by atoms with Crippen molar-refractivity contribution in [3.8, 4) is 0 Å². The molecule has 1 aromatic carbocycles. The third kappa shape index (κ3) is 5.15. The van der Waals surface area contributed by atoms with Gasteiger partial charge in [0.2, 0.25) is 0 Å². The second-order valence-corrected chi connectivity index (χ2v) is 6.74. The molecule has 1 aromatic heterocycles. The molecule has 2 N–H and O–H groups in total. The van der Waals surface area contributed by atoms with Crippen molar-refractivity contribution in [2.24, 2.45) is 5.92 Å². The van der Waals surface area contributed by atoms with E-state index in [0.29, 0.717) is 12.0 Å². The standard InChI is InChI=1S/C18H26ClN3/c1-13(2)12-20-9-4-5-14(3)22-17-8-10-21-18-11-15(19)6-7-16(17)18/h6-8,10-11,13-14,20H,4-5,9,12H2,1-3H3,(H,21,22)/t14-/m1/s1. The summed E-state index contributed by atoms with van der Waals surface area (Å²) in [5.41, 5.74) is 2.06. The monoisotopic (exact) mass is 319 g/mol. The van der Waals surface area contributed by atoms with Gasteiger partial charge in [-0.3, -0.25) is 4.98 Å². The van der Waals surface area contributed by atoms with Crippen molar-refractivity contribution in [3.05, 3.63) is 35.5 Å². The first-order valence-corrected chi connectivity index (χ1v) is 8.45. The highest BCUT2D eigenvalue weighted by atomic mass is 35.5. The number of aromatic nitrogens is 1. The summed E-state index contributed by atoms with van der Waals surface area (Å²) in [6, 6.07) is 8.31. The van der Waals surface area contributed by atoms with Crippen LogP contribution in [0.5, 0.6) is 0 Å². The third-order valence-corrected chi connectivity index (χ3v) is 3.89. The van der Waals surface area contributed by atoms with E-state index in [1.165, 1.54) is 6.42 Å². The van der Waals surface area contributed by atoms with Crippen molar-refractivity contribution < 1.29 is 0 Å². The van der Waals surface area contributed by atoms with Gasteiger partial charge in [-0.1, -0.05) is 25.4 Å². The van der Waals surface area contributed by atoms with E-state index < -0.39 is 0 Å². The molecule has 0 saturated carbocycles. The Bertz CT molecular complexity index is 598. The number of nitrogens with one attached hydrogen (secondary N) is 2. The maximum atomic E-state index is 6.03. The van der Waals surface area contributed by atoms with Crippen LogP contribution in [-0.2, 0) is 0 Å². The van der Waals surface area contributed by atoms with Crippen LogP contribution >= 0.6 is 11.6 Å². The lowest BCUT2D eigenvalue weighted by molar-refractivity contribution is 0.526. The van der Waals surface area contributed by atoms with Gasteiger partial charge in [0.05, 0.1) is 5.52 Å². The molecule has 0 fully saturated rings. The molecule has 0 radical (unpaired) electrons. The van der Waals surface area contributed by atoms with Crippen LogP contribution in [0.1, 0.15) is 33.6 Å². The van der Waals surface area contributed by atoms with Gasteiger partial charge in [0.15, 0.2) is 0 Å². The molecule has 0 spiro atoms. The summed E-state index contributed by atoms with van der Waals surface area (Å²) in [5, 5.41) is 8.93. The number of rotatable bonds is 8. The first-order chi connectivity index (χ1) is 10.6. The van der Waals surface area contributed by atoms with Gasteiger partial charge in [0.1, 0.15) is 0 Å². The van der Waals surface area contributed by atoms with Gasteiger partial charge in [-0.2, -0.15) is 0 Å². The third-order valence-electron chi connectivity index (χ3n) is 3.65. The zero-order chi connectivity index (χ0) is 15.9. The van der Waals surface area contributed by atoms with Crippen LogP contribution in [0.15, 0.2) is 30.5 Å². The molecule has 1 heterocycles. The topological polar surface area (TPSA) is 37.0 Å². The van der Waals surface area contributed by atoms with Gasteiger partial charge in [0.25, 0.3) is 0 Å². The van der Waals surface area contributed by atoms with E-state index >= 15 is 0 Å². The highest BCUT2D eigenvalue weighted by molar-refractivity contribution is 6.31. The molecule has 4 heteroatoms. The quantitative estimate of drug-likeness (QED) is 0.692. The first kappa shape index (κ1) is 17.0. The maximum Gasteiger partial charge on any atom is 0.0737 e. The Kier molecular flexibility index (Phi) is 6.47. The zero-order valence-corrected chi connectivity index (χ0v) is 14.5. The average molecular weight is 320 g/mol. The number of nitrogens with zero attached hydrogens (tertiary/aromatic N) is 1. The van der Waals surface area contributed by atoms with E-state index in [9.17, 15) is 0 Å². The minimum absolute atomic E-state index is 0.433. The van der Waals surface area contributed by atoms with E-state index in [-0.39, 0.29) is 0 Å². The van der Waals surface area contributed by atoms with Gasteiger partial charge in [-0.15, -0.1) is 0 Å². The molecular weight excluding hydrogens is 294 g/mol. The summed E-state index contributed by atoms with van der Waals surface area (Å²) in [5.74, 6) is 0.713. The molecule has 0 unspecified atom stereocenters. The molecule has 0 aliphatic rings. The van der Waals surface area contributed by atoms with Gasteiger partial charge in [0, 0.05) is 28.3 Å². The van der Waals surface area contributed by atoms with Crippen molar-refractivity contribution in [1.82, 2.24) is 10.3 Å². The predicted molar refractivity (Wildman–Crippen MR) is 96.8 cm³/mol. The Labute approximate surface area is 138 Å². The molecule has 0 aliphatic carbocycles. The number of halogens is 1. The van der Waals surface area contributed by atoms with E-state index in [1.807, 2.05) is 30.5 Å². The fourth-order valence-corrected chi connectivity index (χ4v) is 2.68. The van der Waals surface area contributed by atoms with Crippen LogP contribution in [0.2, 0.25) is 5.02 Å². The fraction of sp³-hybridized carbons (Fsp3) is 0.500. The Morgan fingerprint density at radius 1 is 1.18 bits per heavy atom. The largest absolute Gasteiger partial charge is 0.382 e. The molecular formula is C18H26ClN3. The van der Waals surface area contributed by atoms with Crippen molar-refractivity contribution in [3.63, 3.8) is 0 Å². The molecule has 1 atom stereocenters. The van der Waals surface area contributed by atoms with E-state index in [4.69, 9.17) is 11.6 Å². The van der Waals surface area contributed by atoms with Gasteiger partial charge >= 0.3 is 0 Å². The summed E-state index contributed by atoms with van der Waals surface area (Å²) < 4.78 is 0. The summed E-state index contributed by atoms with van der Waals surface area (Å²) in [6.07, 6.45) is 4.15. The summed E-state index contributed by atoms with van der Waals surface area (Å²) >= 11 is 6.03. The van der Waals surface area contributed by atoms with E-state index in [2.05, 4.69) is 36.4 Å². The number of anilines is 1.